The highest BCUT2D eigenvalue weighted by atomic mass is 16.5. The minimum Gasteiger partial charge on any atom is -0.464 e. The summed E-state index contributed by atoms with van der Waals surface area (Å²) in [5, 5.41) is 11.4. The van der Waals surface area contributed by atoms with Crippen LogP contribution >= 0.6 is 0 Å². The third-order valence-electron chi connectivity index (χ3n) is 2.44. The molecule has 0 saturated heterocycles. The van der Waals surface area contributed by atoms with Crippen molar-refractivity contribution >= 4 is 11.9 Å². The number of carbonyl (C=O) groups is 2. The lowest BCUT2D eigenvalue weighted by Gasteiger charge is -2.21. The first-order chi connectivity index (χ1) is 7.41. The molecule has 2 unspecified atom stereocenters. The minimum atomic E-state index is -1.10. The summed E-state index contributed by atoms with van der Waals surface area (Å²) in [5.74, 6) is -0.940. The summed E-state index contributed by atoms with van der Waals surface area (Å²) in [7, 11) is 0. The summed E-state index contributed by atoms with van der Waals surface area (Å²) in [6, 6.07) is 1.21. The molecule has 0 aromatic heterocycles. The van der Waals surface area contributed by atoms with E-state index < -0.39 is 23.3 Å². The maximum atomic E-state index is 11.7. The molecule has 0 heterocycles. The van der Waals surface area contributed by atoms with E-state index in [-0.39, 0.29) is 6.61 Å². The van der Waals surface area contributed by atoms with Crippen molar-refractivity contribution in [1.82, 2.24) is 5.32 Å². The Morgan fingerprint density at radius 1 is 1.50 bits per heavy atom. The smallest absolute Gasteiger partial charge is 0.328 e. The highest BCUT2D eigenvalue weighted by Crippen LogP contribution is 2.19. The lowest BCUT2D eigenvalue weighted by atomic mass is 9.88. The fourth-order valence-corrected chi connectivity index (χ4v) is 0.972. The van der Waals surface area contributed by atoms with Crippen molar-refractivity contribution in [2.24, 2.45) is 5.41 Å². The van der Waals surface area contributed by atoms with Crippen LogP contribution in [0.15, 0.2) is 0 Å². The van der Waals surface area contributed by atoms with Gasteiger partial charge in [0.2, 0.25) is 5.91 Å². The largest absolute Gasteiger partial charge is 0.464 e. The molecule has 0 radical (unpaired) electrons. The molecule has 0 aliphatic carbocycles. The number of hydrogen-bond acceptors (Lipinski definition) is 4. The van der Waals surface area contributed by atoms with Gasteiger partial charge >= 0.3 is 5.97 Å². The van der Waals surface area contributed by atoms with Gasteiger partial charge in [-0.15, -0.1) is 0 Å². The average molecular weight is 226 g/mol. The predicted molar refractivity (Wildman–Crippen MR) is 58.2 cm³/mol. The van der Waals surface area contributed by atoms with E-state index in [1.54, 1.807) is 20.8 Å². The molecule has 2 atom stereocenters. The molecular formula is C11H18N2O3. The highest BCUT2D eigenvalue weighted by Gasteiger charge is 2.33. The molecule has 90 valence electrons. The van der Waals surface area contributed by atoms with Crippen LogP contribution in [0, 0.1) is 16.7 Å². The Morgan fingerprint density at radius 3 is 2.44 bits per heavy atom. The first kappa shape index (κ1) is 14.4. The van der Waals surface area contributed by atoms with Gasteiger partial charge in [0.1, 0.15) is 11.5 Å². The summed E-state index contributed by atoms with van der Waals surface area (Å²) in [5.41, 5.74) is -1.10. The minimum absolute atomic E-state index is 0.266. The van der Waals surface area contributed by atoms with Gasteiger partial charge in [0.15, 0.2) is 0 Å². The van der Waals surface area contributed by atoms with E-state index >= 15 is 0 Å². The Bertz CT molecular complexity index is 309. The summed E-state index contributed by atoms with van der Waals surface area (Å²) in [6.45, 7) is 6.78. The van der Waals surface area contributed by atoms with Crippen LogP contribution in [-0.4, -0.2) is 24.5 Å². The van der Waals surface area contributed by atoms with E-state index in [1.807, 2.05) is 6.07 Å². The second-order valence-corrected chi connectivity index (χ2v) is 3.74. The zero-order valence-electron chi connectivity index (χ0n) is 10.2. The number of nitrogens with zero attached hydrogens (tertiary/aromatic N) is 1. The van der Waals surface area contributed by atoms with Gasteiger partial charge in [0, 0.05) is 0 Å². The lowest BCUT2D eigenvalue weighted by molar-refractivity contribution is -0.147. The number of carbonyl (C=O) groups excluding carboxylic acids is 2. The Kier molecular flexibility index (Phi) is 5.51. The SMILES string of the molecule is CCOC(=O)C(C)NC(=O)C(C)(C#N)CC. The third kappa shape index (κ3) is 3.54. The quantitative estimate of drug-likeness (QED) is 0.709. The van der Waals surface area contributed by atoms with Gasteiger partial charge in [-0.25, -0.2) is 4.79 Å². The second-order valence-electron chi connectivity index (χ2n) is 3.74. The molecule has 0 aliphatic heterocycles. The van der Waals surface area contributed by atoms with Gasteiger partial charge in [-0.2, -0.15) is 5.26 Å². The average Bonchev–Trinajstić information content (AvgIpc) is 2.28. The number of ether oxygens (including phenoxy) is 1. The zero-order valence-corrected chi connectivity index (χ0v) is 10.2. The number of rotatable bonds is 5. The van der Waals surface area contributed by atoms with Crippen LogP contribution in [0.3, 0.4) is 0 Å². The normalized spacial score (nSPS) is 15.4. The van der Waals surface area contributed by atoms with Gasteiger partial charge in [-0.1, -0.05) is 6.92 Å². The molecule has 16 heavy (non-hydrogen) atoms. The van der Waals surface area contributed by atoms with Crippen molar-refractivity contribution in [2.45, 2.75) is 40.2 Å². The fraction of sp³-hybridized carbons (Fsp3) is 0.727. The molecule has 1 N–H and O–H groups in total. The number of esters is 1. The molecular weight excluding hydrogens is 208 g/mol. The zero-order chi connectivity index (χ0) is 12.8. The lowest BCUT2D eigenvalue weighted by Crippen LogP contribution is -2.46. The molecule has 0 aliphatic rings. The first-order valence-electron chi connectivity index (χ1n) is 5.30. The van der Waals surface area contributed by atoms with E-state index in [0.717, 1.165) is 0 Å². The summed E-state index contributed by atoms with van der Waals surface area (Å²) < 4.78 is 4.75. The van der Waals surface area contributed by atoms with Crippen molar-refractivity contribution in [3.8, 4) is 6.07 Å². The molecule has 5 heteroatoms. The number of hydrogen-bond donors (Lipinski definition) is 1. The van der Waals surface area contributed by atoms with Crippen LogP contribution in [0.5, 0.6) is 0 Å². The topological polar surface area (TPSA) is 79.2 Å². The maximum absolute atomic E-state index is 11.7. The molecule has 0 fully saturated rings. The first-order valence-corrected chi connectivity index (χ1v) is 5.30. The summed E-state index contributed by atoms with van der Waals surface area (Å²) in [4.78, 5) is 23.0. The fourth-order valence-electron chi connectivity index (χ4n) is 0.972. The molecule has 0 bridgehead atoms. The van der Waals surface area contributed by atoms with E-state index in [1.165, 1.54) is 6.92 Å². The van der Waals surface area contributed by atoms with Crippen molar-refractivity contribution < 1.29 is 14.3 Å². The Labute approximate surface area is 95.8 Å². The van der Waals surface area contributed by atoms with Crippen LogP contribution in [0.2, 0.25) is 0 Å². The molecule has 0 rings (SSSR count). The number of nitriles is 1. The number of nitrogens with one attached hydrogen (secondary N) is 1. The van der Waals surface area contributed by atoms with Crippen LogP contribution in [0.25, 0.3) is 0 Å². The van der Waals surface area contributed by atoms with Crippen LogP contribution in [0.1, 0.15) is 34.1 Å². The molecule has 0 saturated carbocycles. The van der Waals surface area contributed by atoms with Gasteiger partial charge in [-0.05, 0) is 27.2 Å². The Hall–Kier alpha value is -1.57. The van der Waals surface area contributed by atoms with Gasteiger partial charge in [0.05, 0.1) is 12.7 Å². The molecule has 5 nitrogen and oxygen atoms in total. The molecule has 0 aromatic carbocycles. The molecule has 0 spiro atoms. The van der Waals surface area contributed by atoms with Gasteiger partial charge < -0.3 is 10.1 Å². The van der Waals surface area contributed by atoms with Crippen molar-refractivity contribution in [3.63, 3.8) is 0 Å². The van der Waals surface area contributed by atoms with Crippen molar-refractivity contribution in [3.05, 3.63) is 0 Å². The van der Waals surface area contributed by atoms with Crippen LogP contribution < -0.4 is 5.32 Å². The highest BCUT2D eigenvalue weighted by molar-refractivity contribution is 5.89. The monoisotopic (exact) mass is 226 g/mol. The third-order valence-corrected chi connectivity index (χ3v) is 2.44. The van der Waals surface area contributed by atoms with E-state index in [2.05, 4.69) is 5.32 Å². The van der Waals surface area contributed by atoms with E-state index in [9.17, 15) is 9.59 Å². The number of amides is 1. The predicted octanol–water partition coefficient (Wildman–Crippen LogP) is 0.994. The van der Waals surface area contributed by atoms with Crippen LogP contribution in [0.4, 0.5) is 0 Å². The Balaban J connectivity index is 4.46. The van der Waals surface area contributed by atoms with E-state index in [4.69, 9.17) is 10.00 Å². The second kappa shape index (κ2) is 6.11. The standard InChI is InChI=1S/C11H18N2O3/c1-5-11(4,7-12)10(15)13-8(3)9(14)16-6-2/h8H,5-6H2,1-4H3,(H,13,15). The van der Waals surface area contributed by atoms with Crippen LogP contribution in [-0.2, 0) is 14.3 Å². The van der Waals surface area contributed by atoms with Crippen molar-refractivity contribution in [2.75, 3.05) is 6.61 Å². The van der Waals surface area contributed by atoms with Gasteiger partial charge in [-0.3, -0.25) is 4.79 Å². The summed E-state index contributed by atoms with van der Waals surface area (Å²) >= 11 is 0. The Morgan fingerprint density at radius 2 is 2.06 bits per heavy atom. The molecule has 1 amide bonds. The van der Waals surface area contributed by atoms with Crippen molar-refractivity contribution in [1.29, 1.82) is 5.26 Å². The summed E-state index contributed by atoms with van der Waals surface area (Å²) in [6.07, 6.45) is 0.394. The maximum Gasteiger partial charge on any atom is 0.328 e. The molecule has 0 aromatic rings. The van der Waals surface area contributed by atoms with E-state index in [0.29, 0.717) is 6.42 Å². The van der Waals surface area contributed by atoms with Gasteiger partial charge in [0.25, 0.3) is 0 Å².